The maximum atomic E-state index is 12.9. The molecular formula is C25H24N4O3S. The quantitative estimate of drug-likeness (QED) is 0.505. The molecule has 0 spiro atoms. The SMILES string of the molecule is COc1ccc(-c2nnc(NC(=O)c3ccc(NC(=O)[C@]4(C)C[C@H]5C=C[C@H]4C5)cc3)s2)cc1. The highest BCUT2D eigenvalue weighted by atomic mass is 32.1. The van der Waals surface area contributed by atoms with Crippen molar-refractivity contribution >= 4 is 34.0 Å². The predicted molar refractivity (Wildman–Crippen MR) is 128 cm³/mol. The van der Waals surface area contributed by atoms with Gasteiger partial charge < -0.3 is 10.1 Å². The molecule has 1 heterocycles. The lowest BCUT2D eigenvalue weighted by molar-refractivity contribution is -0.126. The van der Waals surface area contributed by atoms with E-state index in [4.69, 9.17) is 4.74 Å². The molecule has 33 heavy (non-hydrogen) atoms. The van der Waals surface area contributed by atoms with Gasteiger partial charge in [-0.2, -0.15) is 0 Å². The first-order valence-corrected chi connectivity index (χ1v) is 11.7. The van der Waals surface area contributed by atoms with Crippen molar-refractivity contribution in [1.82, 2.24) is 10.2 Å². The standard InChI is InChI=1S/C25H24N4O3S/c1-25(14-15-3-8-18(25)13-15)23(31)26-19-9-4-16(5-10-19)21(30)27-24-29-28-22(33-24)17-6-11-20(32-2)12-7-17/h3-12,15,18H,13-14H2,1-2H3,(H,26,31)(H,27,29,30)/t15-,18-,25+/m0/s1. The van der Waals surface area contributed by atoms with Gasteiger partial charge in [-0.15, -0.1) is 10.2 Å². The number of benzene rings is 2. The van der Waals surface area contributed by atoms with Gasteiger partial charge in [0.25, 0.3) is 5.91 Å². The number of methoxy groups -OCH3 is 1. The number of hydrogen-bond donors (Lipinski definition) is 2. The minimum atomic E-state index is -0.366. The Morgan fingerprint density at radius 1 is 1.03 bits per heavy atom. The van der Waals surface area contributed by atoms with Gasteiger partial charge in [-0.05, 0) is 73.2 Å². The first kappa shape index (κ1) is 21.3. The fourth-order valence-electron chi connectivity index (χ4n) is 4.63. The Bertz CT molecular complexity index is 1220. The van der Waals surface area contributed by atoms with Crippen molar-refractivity contribution in [3.05, 3.63) is 66.2 Å². The Morgan fingerprint density at radius 2 is 1.79 bits per heavy atom. The molecule has 8 heteroatoms. The molecule has 1 saturated carbocycles. The van der Waals surface area contributed by atoms with Crippen molar-refractivity contribution in [2.75, 3.05) is 17.7 Å². The summed E-state index contributed by atoms with van der Waals surface area (Å²) in [6, 6.07) is 14.4. The van der Waals surface area contributed by atoms with E-state index in [2.05, 4.69) is 33.0 Å². The second kappa shape index (κ2) is 8.44. The summed E-state index contributed by atoms with van der Waals surface area (Å²) in [5.74, 6) is 1.34. The second-order valence-corrected chi connectivity index (χ2v) is 9.71. The number of nitrogens with one attached hydrogen (secondary N) is 2. The topological polar surface area (TPSA) is 93.2 Å². The molecule has 5 rings (SSSR count). The van der Waals surface area contributed by atoms with Gasteiger partial charge in [0, 0.05) is 16.8 Å². The molecule has 2 N–H and O–H groups in total. The number of ether oxygens (including phenoxy) is 1. The third-order valence-corrected chi connectivity index (χ3v) is 7.47. The molecule has 3 aromatic rings. The molecule has 3 atom stereocenters. The molecule has 2 aliphatic rings. The van der Waals surface area contributed by atoms with Crippen LogP contribution in [0.5, 0.6) is 5.75 Å². The summed E-state index contributed by atoms with van der Waals surface area (Å²) in [7, 11) is 1.62. The highest BCUT2D eigenvalue weighted by Gasteiger charge is 2.49. The summed E-state index contributed by atoms with van der Waals surface area (Å²) in [5.41, 5.74) is 1.69. The van der Waals surface area contributed by atoms with E-state index in [1.165, 1.54) is 11.3 Å². The van der Waals surface area contributed by atoms with Crippen LogP contribution >= 0.6 is 11.3 Å². The van der Waals surface area contributed by atoms with Gasteiger partial charge in [0.1, 0.15) is 10.8 Å². The molecule has 0 unspecified atom stereocenters. The predicted octanol–water partition coefficient (Wildman–Crippen LogP) is 5.01. The molecule has 2 bridgehead atoms. The zero-order valence-electron chi connectivity index (χ0n) is 18.4. The normalized spacial score (nSPS) is 22.8. The lowest BCUT2D eigenvalue weighted by Crippen LogP contribution is -2.36. The van der Waals surface area contributed by atoms with Crippen molar-refractivity contribution in [1.29, 1.82) is 0 Å². The number of carbonyl (C=O) groups is 2. The van der Waals surface area contributed by atoms with Crippen LogP contribution in [-0.2, 0) is 4.79 Å². The smallest absolute Gasteiger partial charge is 0.257 e. The first-order chi connectivity index (χ1) is 15.9. The molecule has 1 aromatic heterocycles. The average Bonchev–Trinajstić information content (AvgIpc) is 3.56. The van der Waals surface area contributed by atoms with E-state index in [9.17, 15) is 9.59 Å². The van der Waals surface area contributed by atoms with E-state index in [0.717, 1.165) is 24.2 Å². The van der Waals surface area contributed by atoms with Gasteiger partial charge in [0.15, 0.2) is 0 Å². The number of carbonyl (C=O) groups excluding carboxylic acids is 2. The molecule has 0 aliphatic heterocycles. The zero-order chi connectivity index (χ0) is 23.0. The Hall–Kier alpha value is -3.52. The Morgan fingerprint density at radius 3 is 2.42 bits per heavy atom. The summed E-state index contributed by atoms with van der Waals surface area (Å²) in [6.45, 7) is 2.04. The van der Waals surface area contributed by atoms with Crippen molar-refractivity contribution in [3.63, 3.8) is 0 Å². The van der Waals surface area contributed by atoms with Crippen molar-refractivity contribution < 1.29 is 14.3 Å². The van der Waals surface area contributed by atoms with Crippen molar-refractivity contribution in [3.8, 4) is 16.3 Å². The lowest BCUT2D eigenvalue weighted by Gasteiger charge is -2.29. The molecule has 1 fully saturated rings. The van der Waals surface area contributed by atoms with Crippen LogP contribution in [0.3, 0.4) is 0 Å². The van der Waals surface area contributed by atoms with Gasteiger partial charge in [0.2, 0.25) is 11.0 Å². The van der Waals surface area contributed by atoms with Gasteiger partial charge in [-0.25, -0.2) is 0 Å². The van der Waals surface area contributed by atoms with E-state index in [0.29, 0.717) is 33.2 Å². The third-order valence-electron chi connectivity index (χ3n) is 6.58. The number of nitrogens with zero attached hydrogens (tertiary/aromatic N) is 2. The van der Waals surface area contributed by atoms with Crippen molar-refractivity contribution in [2.24, 2.45) is 17.3 Å². The number of anilines is 2. The van der Waals surface area contributed by atoms with Crippen LogP contribution in [0.4, 0.5) is 10.8 Å². The third kappa shape index (κ3) is 4.14. The molecule has 2 amide bonds. The summed E-state index contributed by atoms with van der Waals surface area (Å²) in [5, 5.41) is 15.2. The molecule has 7 nitrogen and oxygen atoms in total. The second-order valence-electron chi connectivity index (χ2n) is 8.74. The van der Waals surface area contributed by atoms with E-state index in [-0.39, 0.29) is 17.2 Å². The van der Waals surface area contributed by atoms with Gasteiger partial charge >= 0.3 is 0 Å². The average molecular weight is 461 g/mol. The molecule has 168 valence electrons. The van der Waals surface area contributed by atoms with Gasteiger partial charge in [-0.3, -0.25) is 14.9 Å². The maximum Gasteiger partial charge on any atom is 0.257 e. The van der Waals surface area contributed by atoms with Crippen LogP contribution in [0, 0.1) is 17.3 Å². The van der Waals surface area contributed by atoms with Gasteiger partial charge in [-0.1, -0.05) is 30.4 Å². The van der Waals surface area contributed by atoms with Crippen molar-refractivity contribution in [2.45, 2.75) is 19.8 Å². The van der Waals surface area contributed by atoms with E-state index in [1.807, 2.05) is 31.2 Å². The molecular weight excluding hydrogens is 436 g/mol. The number of allylic oxidation sites excluding steroid dienone is 2. The molecule has 2 aliphatic carbocycles. The van der Waals surface area contributed by atoms with E-state index < -0.39 is 0 Å². The number of hydrogen-bond acceptors (Lipinski definition) is 6. The van der Waals surface area contributed by atoms with Crippen LogP contribution in [0.25, 0.3) is 10.6 Å². The summed E-state index contributed by atoms with van der Waals surface area (Å²) in [6.07, 6.45) is 6.36. The maximum absolute atomic E-state index is 12.9. The van der Waals surface area contributed by atoms with Crippen LogP contribution in [-0.4, -0.2) is 29.1 Å². The number of amides is 2. The fourth-order valence-corrected chi connectivity index (χ4v) is 5.37. The largest absolute Gasteiger partial charge is 0.497 e. The highest BCUT2D eigenvalue weighted by Crippen LogP contribution is 2.52. The van der Waals surface area contributed by atoms with Crippen LogP contribution < -0.4 is 15.4 Å². The van der Waals surface area contributed by atoms with E-state index in [1.54, 1.807) is 31.4 Å². The molecule has 0 saturated heterocycles. The fraction of sp³-hybridized carbons (Fsp3) is 0.280. The first-order valence-electron chi connectivity index (χ1n) is 10.8. The zero-order valence-corrected chi connectivity index (χ0v) is 19.2. The Balaban J connectivity index is 1.21. The Kier molecular flexibility index (Phi) is 5.46. The van der Waals surface area contributed by atoms with Gasteiger partial charge in [0.05, 0.1) is 12.5 Å². The summed E-state index contributed by atoms with van der Waals surface area (Å²) >= 11 is 1.30. The molecule has 2 aromatic carbocycles. The minimum absolute atomic E-state index is 0.0384. The number of rotatable bonds is 6. The summed E-state index contributed by atoms with van der Waals surface area (Å²) < 4.78 is 5.17. The Labute approximate surface area is 195 Å². The number of fused-ring (bicyclic) bond motifs is 2. The van der Waals surface area contributed by atoms with Crippen LogP contribution in [0.1, 0.15) is 30.1 Å². The number of aromatic nitrogens is 2. The van der Waals surface area contributed by atoms with Crippen LogP contribution in [0.2, 0.25) is 0 Å². The minimum Gasteiger partial charge on any atom is -0.497 e. The van der Waals surface area contributed by atoms with Crippen LogP contribution in [0.15, 0.2) is 60.7 Å². The summed E-state index contributed by atoms with van der Waals surface area (Å²) in [4.78, 5) is 25.5. The lowest BCUT2D eigenvalue weighted by atomic mass is 9.77. The highest BCUT2D eigenvalue weighted by molar-refractivity contribution is 7.18. The van der Waals surface area contributed by atoms with E-state index >= 15 is 0 Å². The molecule has 0 radical (unpaired) electrons. The monoisotopic (exact) mass is 460 g/mol.